The van der Waals surface area contributed by atoms with E-state index in [0.717, 1.165) is 21.2 Å². The van der Waals surface area contributed by atoms with Crippen molar-refractivity contribution in [2.45, 2.75) is 13.3 Å². The Morgan fingerprint density at radius 3 is 2.58 bits per heavy atom. The Morgan fingerprint density at radius 2 is 1.85 bits per heavy atom. The predicted octanol–water partition coefficient (Wildman–Crippen LogP) is 3.86. The first-order valence-corrected chi connectivity index (χ1v) is 9.02. The predicted molar refractivity (Wildman–Crippen MR) is 100.0 cm³/mol. The molecule has 1 heterocycles. The normalized spacial score (nSPS) is 10.7. The minimum absolute atomic E-state index is 0.291. The average Bonchev–Trinajstić information content (AvgIpc) is 2.98. The molecule has 0 atom stereocenters. The molecular formula is C20H18FNO3S. The van der Waals surface area contributed by atoms with Gasteiger partial charge in [-0.2, -0.15) is 0 Å². The van der Waals surface area contributed by atoms with Gasteiger partial charge in [0.2, 0.25) is 0 Å². The summed E-state index contributed by atoms with van der Waals surface area (Å²) >= 11 is 1.36. The smallest absolute Gasteiger partial charge is 0.349 e. The largest absolute Gasteiger partial charge is 0.451 e. The van der Waals surface area contributed by atoms with E-state index < -0.39 is 5.97 Å². The summed E-state index contributed by atoms with van der Waals surface area (Å²) in [6.45, 7) is 1.94. The number of aryl methyl sites for hydroxylation is 1. The van der Waals surface area contributed by atoms with Crippen molar-refractivity contribution in [2.75, 3.05) is 13.2 Å². The van der Waals surface area contributed by atoms with Gasteiger partial charge in [0.25, 0.3) is 5.91 Å². The van der Waals surface area contributed by atoms with Gasteiger partial charge in [-0.3, -0.25) is 4.79 Å². The number of carbonyl (C=O) groups excluding carboxylic acids is 2. The van der Waals surface area contributed by atoms with E-state index in [1.807, 2.05) is 31.2 Å². The summed E-state index contributed by atoms with van der Waals surface area (Å²) in [6, 6.07) is 13.9. The highest BCUT2D eigenvalue weighted by Crippen LogP contribution is 2.30. The van der Waals surface area contributed by atoms with Gasteiger partial charge < -0.3 is 10.1 Å². The fraction of sp³-hybridized carbons (Fsp3) is 0.200. The van der Waals surface area contributed by atoms with Crippen molar-refractivity contribution >= 4 is 33.3 Å². The molecule has 1 N–H and O–H groups in total. The van der Waals surface area contributed by atoms with Gasteiger partial charge in [0.15, 0.2) is 6.61 Å². The Bertz CT molecular complexity index is 934. The molecule has 4 nitrogen and oxygen atoms in total. The maximum atomic E-state index is 12.8. The lowest BCUT2D eigenvalue weighted by Crippen LogP contribution is -2.30. The molecule has 3 aromatic rings. The molecule has 0 fully saturated rings. The minimum Gasteiger partial charge on any atom is -0.451 e. The maximum absolute atomic E-state index is 12.8. The van der Waals surface area contributed by atoms with Gasteiger partial charge in [-0.25, -0.2) is 9.18 Å². The summed E-state index contributed by atoms with van der Waals surface area (Å²) in [4.78, 5) is 24.6. The summed E-state index contributed by atoms with van der Waals surface area (Å²) in [5, 5.41) is 3.71. The van der Waals surface area contributed by atoms with E-state index >= 15 is 0 Å². The highest BCUT2D eigenvalue weighted by atomic mass is 32.1. The van der Waals surface area contributed by atoms with E-state index in [-0.39, 0.29) is 18.3 Å². The van der Waals surface area contributed by atoms with Gasteiger partial charge in [0.05, 0.1) is 0 Å². The van der Waals surface area contributed by atoms with Gasteiger partial charge in [-0.1, -0.05) is 30.3 Å². The van der Waals surface area contributed by atoms with Gasteiger partial charge in [-0.15, -0.1) is 11.3 Å². The Kier molecular flexibility index (Phi) is 5.63. The van der Waals surface area contributed by atoms with Crippen molar-refractivity contribution in [3.63, 3.8) is 0 Å². The lowest BCUT2D eigenvalue weighted by atomic mass is 10.1. The molecule has 6 heteroatoms. The molecule has 0 aliphatic heterocycles. The topological polar surface area (TPSA) is 55.4 Å². The molecule has 134 valence electrons. The summed E-state index contributed by atoms with van der Waals surface area (Å²) in [6.07, 6.45) is 0.579. The molecule has 1 amide bonds. The number of benzene rings is 2. The van der Waals surface area contributed by atoms with Crippen LogP contribution in [0.3, 0.4) is 0 Å². The molecule has 0 bridgehead atoms. The van der Waals surface area contributed by atoms with E-state index in [4.69, 9.17) is 4.74 Å². The standard InChI is InChI=1S/C20H18FNO3S/c1-13-16-4-2-3-5-17(16)26-19(13)20(24)25-12-18(23)22-11-10-14-6-8-15(21)9-7-14/h2-9H,10-12H2,1H3,(H,22,23). The first-order valence-electron chi connectivity index (χ1n) is 8.21. The third-order valence-corrected chi connectivity index (χ3v) is 5.27. The SMILES string of the molecule is Cc1c(C(=O)OCC(=O)NCCc2ccc(F)cc2)sc2ccccc12. The van der Waals surface area contributed by atoms with Crippen LogP contribution in [0.25, 0.3) is 10.1 Å². The molecule has 0 spiro atoms. The third kappa shape index (κ3) is 4.26. The molecule has 26 heavy (non-hydrogen) atoms. The quantitative estimate of drug-likeness (QED) is 0.670. The third-order valence-electron chi connectivity index (χ3n) is 4.01. The van der Waals surface area contributed by atoms with Crippen molar-refractivity contribution in [1.29, 1.82) is 0 Å². The zero-order valence-corrected chi connectivity index (χ0v) is 15.1. The van der Waals surface area contributed by atoms with Crippen LogP contribution in [-0.4, -0.2) is 25.0 Å². The number of fused-ring (bicyclic) bond motifs is 1. The van der Waals surface area contributed by atoms with Crippen LogP contribution in [0.1, 0.15) is 20.8 Å². The fourth-order valence-corrected chi connectivity index (χ4v) is 3.72. The van der Waals surface area contributed by atoms with E-state index in [2.05, 4.69) is 5.32 Å². The fourth-order valence-electron chi connectivity index (χ4n) is 2.61. The Morgan fingerprint density at radius 1 is 1.12 bits per heavy atom. The number of halogens is 1. The van der Waals surface area contributed by atoms with Crippen molar-refractivity contribution in [1.82, 2.24) is 5.32 Å². The van der Waals surface area contributed by atoms with Crippen molar-refractivity contribution in [3.05, 3.63) is 70.4 Å². The molecular weight excluding hydrogens is 353 g/mol. The molecule has 0 aliphatic carbocycles. The van der Waals surface area contributed by atoms with E-state index in [1.54, 1.807) is 12.1 Å². The average molecular weight is 371 g/mol. The van der Waals surface area contributed by atoms with E-state index in [9.17, 15) is 14.0 Å². The summed E-state index contributed by atoms with van der Waals surface area (Å²) in [5.74, 6) is -1.14. The van der Waals surface area contributed by atoms with Crippen LogP contribution in [-0.2, 0) is 16.0 Å². The zero-order valence-electron chi connectivity index (χ0n) is 14.3. The Hall–Kier alpha value is -2.73. The van der Waals surface area contributed by atoms with Crippen LogP contribution in [0, 0.1) is 12.7 Å². The summed E-state index contributed by atoms with van der Waals surface area (Å²) < 4.78 is 19.0. The highest BCUT2D eigenvalue weighted by Gasteiger charge is 2.17. The maximum Gasteiger partial charge on any atom is 0.349 e. The molecule has 3 rings (SSSR count). The van der Waals surface area contributed by atoms with Crippen molar-refractivity contribution in [2.24, 2.45) is 0 Å². The van der Waals surface area contributed by atoms with E-state index in [0.29, 0.717) is 17.8 Å². The van der Waals surface area contributed by atoms with Crippen LogP contribution < -0.4 is 5.32 Å². The van der Waals surface area contributed by atoms with Crippen molar-refractivity contribution in [3.8, 4) is 0 Å². The van der Waals surface area contributed by atoms with Gasteiger partial charge in [0.1, 0.15) is 10.7 Å². The molecule has 1 aromatic heterocycles. The number of rotatable bonds is 6. The molecule has 0 radical (unpaired) electrons. The van der Waals surface area contributed by atoms with Crippen LogP contribution in [0.5, 0.6) is 0 Å². The number of thiophene rings is 1. The number of nitrogens with one attached hydrogen (secondary N) is 1. The van der Waals surface area contributed by atoms with Gasteiger partial charge in [0, 0.05) is 11.2 Å². The number of esters is 1. The molecule has 2 aromatic carbocycles. The second-order valence-electron chi connectivity index (χ2n) is 5.85. The number of ether oxygens (including phenoxy) is 1. The van der Waals surface area contributed by atoms with Crippen LogP contribution in [0.4, 0.5) is 4.39 Å². The van der Waals surface area contributed by atoms with Crippen LogP contribution in [0.15, 0.2) is 48.5 Å². The van der Waals surface area contributed by atoms with Gasteiger partial charge in [-0.05, 0) is 48.1 Å². The number of hydrogen-bond donors (Lipinski definition) is 1. The molecule has 0 unspecified atom stereocenters. The molecule has 0 saturated heterocycles. The van der Waals surface area contributed by atoms with Crippen LogP contribution >= 0.6 is 11.3 Å². The number of amides is 1. The zero-order chi connectivity index (χ0) is 18.5. The monoisotopic (exact) mass is 371 g/mol. The Balaban J connectivity index is 1.48. The minimum atomic E-state index is -0.489. The lowest BCUT2D eigenvalue weighted by Gasteiger charge is -2.06. The van der Waals surface area contributed by atoms with Crippen LogP contribution in [0.2, 0.25) is 0 Å². The second-order valence-corrected chi connectivity index (χ2v) is 6.91. The van der Waals surface area contributed by atoms with Crippen molar-refractivity contribution < 1.29 is 18.7 Å². The summed E-state index contributed by atoms with van der Waals surface area (Å²) in [5.41, 5.74) is 1.79. The number of hydrogen-bond acceptors (Lipinski definition) is 4. The molecule has 0 saturated carbocycles. The highest BCUT2D eigenvalue weighted by molar-refractivity contribution is 7.21. The summed E-state index contributed by atoms with van der Waals surface area (Å²) in [7, 11) is 0. The first kappa shape index (κ1) is 18.1. The Labute approximate surface area is 154 Å². The van der Waals surface area contributed by atoms with Gasteiger partial charge >= 0.3 is 5.97 Å². The second kappa shape index (κ2) is 8.10. The first-order chi connectivity index (χ1) is 12.5. The lowest BCUT2D eigenvalue weighted by molar-refractivity contribution is -0.124. The number of carbonyl (C=O) groups is 2. The van der Waals surface area contributed by atoms with E-state index in [1.165, 1.54) is 23.5 Å². The molecule has 0 aliphatic rings.